The maximum atomic E-state index is 13.2. The number of halogens is 1. The third kappa shape index (κ3) is 4.33. The smallest absolute Gasteiger partial charge is 0.257 e. The lowest BCUT2D eigenvalue weighted by Crippen LogP contribution is -2.44. The molecule has 156 valence electrons. The summed E-state index contributed by atoms with van der Waals surface area (Å²) in [5, 5.41) is 4.38. The summed E-state index contributed by atoms with van der Waals surface area (Å²) >= 11 is 0. The van der Waals surface area contributed by atoms with Gasteiger partial charge in [0.1, 0.15) is 5.82 Å². The molecule has 0 atom stereocenters. The number of hydrogen-bond donors (Lipinski definition) is 0. The molecule has 2 heterocycles. The first kappa shape index (κ1) is 21.0. The molecule has 7 heteroatoms. The van der Waals surface area contributed by atoms with Crippen molar-refractivity contribution in [3.05, 3.63) is 47.5 Å². The lowest BCUT2D eigenvalue weighted by Gasteiger charge is -2.33. The van der Waals surface area contributed by atoms with Crippen LogP contribution in [-0.2, 0) is 11.2 Å². The van der Waals surface area contributed by atoms with E-state index in [9.17, 15) is 14.0 Å². The number of benzene rings is 1. The predicted molar refractivity (Wildman–Crippen MR) is 109 cm³/mol. The summed E-state index contributed by atoms with van der Waals surface area (Å²) in [5.74, 6) is -0.173. The van der Waals surface area contributed by atoms with E-state index >= 15 is 0 Å². The van der Waals surface area contributed by atoms with Crippen molar-refractivity contribution in [1.29, 1.82) is 0 Å². The van der Waals surface area contributed by atoms with Crippen LogP contribution in [0.25, 0.3) is 5.69 Å². The van der Waals surface area contributed by atoms with Crippen molar-refractivity contribution in [2.45, 2.75) is 40.0 Å². The van der Waals surface area contributed by atoms with Crippen LogP contribution in [-0.4, -0.2) is 57.6 Å². The molecule has 0 aliphatic carbocycles. The van der Waals surface area contributed by atoms with Gasteiger partial charge in [0.25, 0.3) is 5.91 Å². The molecule has 1 aromatic heterocycles. The van der Waals surface area contributed by atoms with Crippen molar-refractivity contribution >= 4 is 11.8 Å². The van der Waals surface area contributed by atoms with Crippen molar-refractivity contribution in [1.82, 2.24) is 19.6 Å². The molecular weight excluding hydrogens is 371 g/mol. The van der Waals surface area contributed by atoms with Crippen LogP contribution < -0.4 is 0 Å². The molecule has 2 aromatic rings. The largest absolute Gasteiger partial charge is 0.343 e. The Morgan fingerprint density at radius 2 is 1.72 bits per heavy atom. The highest BCUT2D eigenvalue weighted by molar-refractivity contribution is 5.95. The van der Waals surface area contributed by atoms with E-state index in [1.165, 1.54) is 12.1 Å². The third-order valence-corrected chi connectivity index (χ3v) is 5.71. The molecule has 1 fully saturated rings. The molecule has 0 spiro atoms. The van der Waals surface area contributed by atoms with E-state index in [1.54, 1.807) is 23.0 Å². The second kappa shape index (κ2) is 9.20. The second-order valence-corrected chi connectivity index (χ2v) is 7.32. The Hall–Kier alpha value is -2.70. The maximum absolute atomic E-state index is 13.2. The lowest BCUT2D eigenvalue weighted by molar-refractivity contribution is -0.136. The summed E-state index contributed by atoms with van der Waals surface area (Å²) in [4.78, 5) is 29.4. The normalized spacial score (nSPS) is 14.8. The summed E-state index contributed by atoms with van der Waals surface area (Å²) in [6.07, 6.45) is 3.61. The summed E-state index contributed by atoms with van der Waals surface area (Å²) in [7, 11) is 0. The van der Waals surface area contributed by atoms with E-state index in [1.807, 2.05) is 30.6 Å². The van der Waals surface area contributed by atoms with Crippen LogP contribution in [0, 0.1) is 11.7 Å². The molecule has 0 N–H and O–H groups in total. The minimum absolute atomic E-state index is 0.00784. The average Bonchev–Trinajstić information content (AvgIpc) is 3.18. The monoisotopic (exact) mass is 400 g/mol. The van der Waals surface area contributed by atoms with Gasteiger partial charge in [0.2, 0.25) is 5.91 Å². The second-order valence-electron chi connectivity index (χ2n) is 7.32. The predicted octanol–water partition coefficient (Wildman–Crippen LogP) is 3.29. The van der Waals surface area contributed by atoms with E-state index in [0.717, 1.165) is 24.5 Å². The van der Waals surface area contributed by atoms with Gasteiger partial charge in [0.15, 0.2) is 0 Å². The number of hydrogen-bond acceptors (Lipinski definition) is 3. The van der Waals surface area contributed by atoms with Gasteiger partial charge in [-0.05, 0) is 57.4 Å². The highest BCUT2D eigenvalue weighted by Gasteiger charge is 2.31. The zero-order valence-electron chi connectivity index (χ0n) is 17.4. The molecule has 2 amide bonds. The molecular formula is C22H29FN4O2. The SMILES string of the molecule is CCc1c(C(=O)N2CCC(C(=O)N(CC)CC)CC2)cnn1-c1ccc(F)cc1. The lowest BCUT2D eigenvalue weighted by atomic mass is 9.94. The summed E-state index contributed by atoms with van der Waals surface area (Å²) in [5.41, 5.74) is 2.11. The molecule has 1 aliphatic rings. The van der Waals surface area contributed by atoms with Gasteiger partial charge in [-0.1, -0.05) is 6.92 Å². The van der Waals surface area contributed by atoms with Crippen LogP contribution >= 0.6 is 0 Å². The zero-order chi connectivity index (χ0) is 21.0. The Labute approximate surface area is 171 Å². The third-order valence-electron chi connectivity index (χ3n) is 5.71. The maximum Gasteiger partial charge on any atom is 0.257 e. The summed E-state index contributed by atoms with van der Waals surface area (Å²) < 4.78 is 14.9. The molecule has 1 aliphatic heterocycles. The van der Waals surface area contributed by atoms with Crippen molar-refractivity contribution in [2.24, 2.45) is 5.92 Å². The van der Waals surface area contributed by atoms with Gasteiger partial charge < -0.3 is 9.80 Å². The Kier molecular flexibility index (Phi) is 6.67. The van der Waals surface area contributed by atoms with Gasteiger partial charge in [0.05, 0.1) is 23.1 Å². The molecule has 0 radical (unpaired) electrons. The first-order valence-electron chi connectivity index (χ1n) is 10.4. The van der Waals surface area contributed by atoms with Gasteiger partial charge in [-0.2, -0.15) is 5.10 Å². The van der Waals surface area contributed by atoms with Crippen molar-refractivity contribution in [3.8, 4) is 5.69 Å². The van der Waals surface area contributed by atoms with Crippen molar-refractivity contribution < 1.29 is 14.0 Å². The fourth-order valence-corrected chi connectivity index (χ4v) is 3.99. The average molecular weight is 400 g/mol. The van der Waals surface area contributed by atoms with Crippen LogP contribution in [0.2, 0.25) is 0 Å². The van der Waals surface area contributed by atoms with Gasteiger partial charge in [-0.15, -0.1) is 0 Å². The fraction of sp³-hybridized carbons (Fsp3) is 0.500. The quantitative estimate of drug-likeness (QED) is 0.748. The van der Waals surface area contributed by atoms with Crippen molar-refractivity contribution in [3.63, 3.8) is 0 Å². The first-order valence-corrected chi connectivity index (χ1v) is 10.4. The van der Waals surface area contributed by atoms with Crippen LogP contribution in [0.5, 0.6) is 0 Å². The molecule has 0 unspecified atom stereocenters. The first-order chi connectivity index (χ1) is 14.0. The van der Waals surface area contributed by atoms with Gasteiger partial charge >= 0.3 is 0 Å². The molecule has 1 aromatic carbocycles. The van der Waals surface area contributed by atoms with Crippen LogP contribution in [0.3, 0.4) is 0 Å². The minimum atomic E-state index is -0.308. The molecule has 29 heavy (non-hydrogen) atoms. The number of carbonyl (C=O) groups is 2. The summed E-state index contributed by atoms with van der Waals surface area (Å²) in [6.45, 7) is 8.54. The van der Waals surface area contributed by atoms with Crippen LogP contribution in [0.1, 0.15) is 49.7 Å². The number of rotatable bonds is 6. The zero-order valence-corrected chi connectivity index (χ0v) is 17.4. The van der Waals surface area contributed by atoms with Gasteiger partial charge in [0, 0.05) is 32.1 Å². The standard InChI is InChI=1S/C22H29FN4O2/c1-4-20-19(15-24-27(20)18-9-7-17(23)8-10-18)22(29)26-13-11-16(12-14-26)21(28)25(5-2)6-3/h7-10,15-16H,4-6,11-14H2,1-3H3. The number of nitrogens with zero attached hydrogens (tertiary/aromatic N) is 4. The van der Waals surface area contributed by atoms with E-state index in [4.69, 9.17) is 0 Å². The number of likely N-dealkylation sites (tertiary alicyclic amines) is 1. The van der Waals surface area contributed by atoms with Crippen LogP contribution in [0.4, 0.5) is 4.39 Å². The number of aromatic nitrogens is 2. The van der Waals surface area contributed by atoms with Crippen molar-refractivity contribution in [2.75, 3.05) is 26.2 Å². The number of carbonyl (C=O) groups excluding carboxylic acids is 2. The Morgan fingerprint density at radius 3 is 2.28 bits per heavy atom. The molecule has 1 saturated heterocycles. The minimum Gasteiger partial charge on any atom is -0.343 e. The van der Waals surface area contributed by atoms with Crippen LogP contribution in [0.15, 0.2) is 30.5 Å². The highest BCUT2D eigenvalue weighted by Crippen LogP contribution is 2.23. The molecule has 6 nitrogen and oxygen atoms in total. The Bertz CT molecular complexity index is 850. The summed E-state index contributed by atoms with van der Waals surface area (Å²) in [6, 6.07) is 6.07. The number of piperidine rings is 1. The fourth-order valence-electron chi connectivity index (χ4n) is 3.99. The van der Waals surface area contributed by atoms with E-state index in [-0.39, 0.29) is 23.5 Å². The van der Waals surface area contributed by atoms with E-state index in [0.29, 0.717) is 37.9 Å². The Balaban J connectivity index is 1.72. The number of amides is 2. The van der Waals surface area contributed by atoms with E-state index in [2.05, 4.69) is 5.10 Å². The molecule has 0 bridgehead atoms. The highest BCUT2D eigenvalue weighted by atomic mass is 19.1. The molecule has 3 rings (SSSR count). The Morgan fingerprint density at radius 1 is 1.10 bits per heavy atom. The molecule has 0 saturated carbocycles. The van der Waals surface area contributed by atoms with Gasteiger partial charge in [-0.25, -0.2) is 9.07 Å². The van der Waals surface area contributed by atoms with E-state index < -0.39 is 0 Å². The topological polar surface area (TPSA) is 58.4 Å². The van der Waals surface area contributed by atoms with Gasteiger partial charge in [-0.3, -0.25) is 9.59 Å².